The Morgan fingerprint density at radius 3 is 2.69 bits per heavy atom. The van der Waals surface area contributed by atoms with Crippen molar-refractivity contribution in [3.05, 3.63) is 36.2 Å². The van der Waals surface area contributed by atoms with Crippen molar-refractivity contribution in [2.24, 2.45) is 0 Å². The van der Waals surface area contributed by atoms with Crippen molar-refractivity contribution >= 4 is 44.2 Å². The van der Waals surface area contributed by atoms with Crippen molar-refractivity contribution < 1.29 is 9.59 Å². The van der Waals surface area contributed by atoms with Crippen LogP contribution < -0.4 is 10.6 Å². The van der Waals surface area contributed by atoms with Crippen LogP contribution in [0.3, 0.4) is 0 Å². The molecule has 1 saturated heterocycles. The smallest absolute Gasteiger partial charge is 0.238 e. The number of likely N-dealkylation sites (tertiary alicyclic amines) is 1. The van der Waals surface area contributed by atoms with Gasteiger partial charge in [-0.1, -0.05) is 17.4 Å². The number of hydrogen-bond donors (Lipinski definition) is 2. The zero-order chi connectivity index (χ0) is 20.4. The normalized spacial score (nSPS) is 14.3. The van der Waals surface area contributed by atoms with Gasteiger partial charge in [0.05, 0.1) is 28.1 Å². The molecule has 1 fully saturated rings. The van der Waals surface area contributed by atoms with E-state index in [-0.39, 0.29) is 11.8 Å². The summed E-state index contributed by atoms with van der Waals surface area (Å²) in [5, 5.41) is 6.32. The number of carbonyl (C=O) groups is 2. The van der Waals surface area contributed by atoms with Crippen LogP contribution in [-0.4, -0.2) is 46.3 Å². The Labute approximate surface area is 173 Å². The summed E-state index contributed by atoms with van der Waals surface area (Å²) in [6, 6.07) is 7.89. The maximum absolute atomic E-state index is 12.4. The van der Waals surface area contributed by atoms with Crippen LogP contribution >= 0.6 is 11.3 Å². The molecule has 0 radical (unpaired) electrons. The van der Waals surface area contributed by atoms with Crippen LogP contribution in [0.4, 0.5) is 10.8 Å². The van der Waals surface area contributed by atoms with E-state index in [0.29, 0.717) is 11.7 Å². The van der Waals surface area contributed by atoms with Crippen LogP contribution in [0.15, 0.2) is 30.5 Å². The number of carbonyl (C=O) groups excluding carboxylic acids is 2. The fourth-order valence-electron chi connectivity index (χ4n) is 3.46. The number of amides is 2. The number of nitrogens with one attached hydrogen (secondary N) is 2. The molecule has 0 atom stereocenters. The first-order chi connectivity index (χ1) is 14.0. The van der Waals surface area contributed by atoms with Crippen LogP contribution in [0, 0.1) is 6.92 Å². The Kier molecular flexibility index (Phi) is 5.55. The zero-order valence-electron chi connectivity index (χ0n) is 16.5. The number of pyridine rings is 1. The third-order valence-electron chi connectivity index (χ3n) is 4.93. The first-order valence-corrected chi connectivity index (χ1v) is 10.5. The fourth-order valence-corrected chi connectivity index (χ4v) is 4.41. The molecule has 1 aromatic carbocycles. The van der Waals surface area contributed by atoms with Gasteiger partial charge in [0.1, 0.15) is 0 Å². The Morgan fingerprint density at radius 1 is 1.14 bits per heavy atom. The second-order valence-electron chi connectivity index (χ2n) is 7.27. The molecule has 1 aliphatic rings. The summed E-state index contributed by atoms with van der Waals surface area (Å²) in [6.45, 7) is 5.75. The molecule has 8 heteroatoms. The lowest BCUT2D eigenvalue weighted by atomic mass is 10.1. The number of hydrogen-bond acceptors (Lipinski definition) is 6. The van der Waals surface area contributed by atoms with Gasteiger partial charge in [-0.05, 0) is 56.6 Å². The van der Waals surface area contributed by atoms with Crippen LogP contribution in [0.5, 0.6) is 0 Å². The summed E-state index contributed by atoms with van der Waals surface area (Å²) < 4.78 is 0.978. The number of benzene rings is 1. The molecule has 0 saturated carbocycles. The van der Waals surface area contributed by atoms with Crippen molar-refractivity contribution in [3.63, 3.8) is 0 Å². The third-order valence-corrected chi connectivity index (χ3v) is 5.87. The van der Waals surface area contributed by atoms with Crippen LogP contribution in [-0.2, 0) is 9.59 Å². The molecule has 0 aliphatic carbocycles. The van der Waals surface area contributed by atoms with Gasteiger partial charge in [-0.25, -0.2) is 4.98 Å². The fraction of sp³-hybridized carbons (Fsp3) is 0.333. The van der Waals surface area contributed by atoms with Crippen LogP contribution in [0.2, 0.25) is 0 Å². The van der Waals surface area contributed by atoms with Gasteiger partial charge in [0.25, 0.3) is 0 Å². The lowest BCUT2D eigenvalue weighted by molar-refractivity contribution is -0.117. The SMILES string of the molecule is CC(=O)Nc1nc2ccc(-c3cnc(C)c(NC(=O)CN4CCCC4)c3)cc2s1. The van der Waals surface area contributed by atoms with E-state index in [1.807, 2.05) is 37.4 Å². The minimum atomic E-state index is -0.138. The zero-order valence-corrected chi connectivity index (χ0v) is 17.3. The highest BCUT2D eigenvalue weighted by Gasteiger charge is 2.16. The summed E-state index contributed by atoms with van der Waals surface area (Å²) >= 11 is 1.43. The van der Waals surface area contributed by atoms with Gasteiger partial charge in [-0.3, -0.25) is 19.5 Å². The van der Waals surface area contributed by atoms with Crippen molar-refractivity contribution in [2.45, 2.75) is 26.7 Å². The molecule has 29 heavy (non-hydrogen) atoms. The molecule has 3 heterocycles. The standard InChI is InChI=1S/C21H23N5O2S/c1-13-18(24-20(28)12-26-7-3-4-8-26)9-16(11-22-13)15-5-6-17-19(10-15)29-21(25-17)23-14(2)27/h5-6,9-11H,3-4,7-8,12H2,1-2H3,(H,24,28)(H,23,25,27). The number of fused-ring (bicyclic) bond motifs is 1. The highest BCUT2D eigenvalue weighted by atomic mass is 32.1. The van der Waals surface area contributed by atoms with E-state index in [0.717, 1.165) is 58.7 Å². The van der Waals surface area contributed by atoms with Crippen LogP contribution in [0.1, 0.15) is 25.5 Å². The summed E-state index contributed by atoms with van der Waals surface area (Å²) in [4.78, 5) is 34.7. The highest BCUT2D eigenvalue weighted by molar-refractivity contribution is 7.22. The second kappa shape index (κ2) is 8.26. The maximum Gasteiger partial charge on any atom is 0.238 e. The number of aromatic nitrogens is 2. The summed E-state index contributed by atoms with van der Waals surface area (Å²) in [6.07, 6.45) is 4.13. The first-order valence-electron chi connectivity index (χ1n) is 9.65. The van der Waals surface area contributed by atoms with Crippen molar-refractivity contribution in [1.29, 1.82) is 0 Å². The van der Waals surface area contributed by atoms with Crippen molar-refractivity contribution in [2.75, 3.05) is 30.3 Å². The van der Waals surface area contributed by atoms with E-state index in [2.05, 4.69) is 25.5 Å². The molecule has 2 amide bonds. The molecule has 1 aliphatic heterocycles. The van der Waals surface area contributed by atoms with E-state index in [4.69, 9.17) is 0 Å². The average molecular weight is 410 g/mol. The number of aryl methyl sites for hydroxylation is 1. The summed E-state index contributed by atoms with van der Waals surface area (Å²) in [5.74, 6) is -0.145. The summed E-state index contributed by atoms with van der Waals surface area (Å²) in [7, 11) is 0. The molecule has 150 valence electrons. The van der Waals surface area contributed by atoms with E-state index >= 15 is 0 Å². The highest BCUT2D eigenvalue weighted by Crippen LogP contribution is 2.31. The first kappa shape index (κ1) is 19.5. The van der Waals surface area contributed by atoms with E-state index in [1.165, 1.54) is 18.3 Å². The van der Waals surface area contributed by atoms with Crippen molar-refractivity contribution in [1.82, 2.24) is 14.9 Å². The average Bonchev–Trinajstić information content (AvgIpc) is 3.31. The van der Waals surface area contributed by atoms with Gasteiger partial charge >= 0.3 is 0 Å². The van der Waals surface area contributed by atoms with Gasteiger partial charge in [-0.2, -0.15) is 0 Å². The summed E-state index contributed by atoms with van der Waals surface area (Å²) in [5.41, 5.74) is 4.26. The van der Waals surface area contributed by atoms with Gasteiger partial charge < -0.3 is 10.6 Å². The molecule has 4 rings (SSSR count). The topological polar surface area (TPSA) is 87.2 Å². The second-order valence-corrected chi connectivity index (χ2v) is 8.30. The number of rotatable bonds is 5. The molecule has 0 spiro atoms. The molecular weight excluding hydrogens is 386 g/mol. The number of nitrogens with zero attached hydrogens (tertiary/aromatic N) is 3. The van der Waals surface area contributed by atoms with Crippen LogP contribution in [0.25, 0.3) is 21.3 Å². The van der Waals surface area contributed by atoms with E-state index in [9.17, 15) is 9.59 Å². The van der Waals surface area contributed by atoms with Gasteiger partial charge in [0.15, 0.2) is 5.13 Å². The minimum Gasteiger partial charge on any atom is -0.323 e. The predicted octanol–water partition coefficient (Wildman–Crippen LogP) is 3.66. The lowest BCUT2D eigenvalue weighted by Gasteiger charge is -2.15. The maximum atomic E-state index is 12.4. The molecule has 2 N–H and O–H groups in total. The van der Waals surface area contributed by atoms with Gasteiger partial charge in [-0.15, -0.1) is 0 Å². The number of anilines is 2. The molecular formula is C21H23N5O2S. The largest absolute Gasteiger partial charge is 0.323 e. The minimum absolute atomic E-state index is 0.00759. The third kappa shape index (κ3) is 4.60. The van der Waals surface area contributed by atoms with Gasteiger partial charge in [0, 0.05) is 18.7 Å². The number of thiazole rings is 1. The monoisotopic (exact) mass is 409 g/mol. The lowest BCUT2D eigenvalue weighted by Crippen LogP contribution is -2.31. The van der Waals surface area contributed by atoms with Gasteiger partial charge in [0.2, 0.25) is 11.8 Å². The molecule has 0 bridgehead atoms. The van der Waals surface area contributed by atoms with E-state index < -0.39 is 0 Å². The molecule has 3 aromatic rings. The molecule has 0 unspecified atom stereocenters. The molecule has 7 nitrogen and oxygen atoms in total. The predicted molar refractivity (Wildman–Crippen MR) is 116 cm³/mol. The quantitative estimate of drug-likeness (QED) is 0.672. The van der Waals surface area contributed by atoms with Crippen molar-refractivity contribution in [3.8, 4) is 11.1 Å². The Balaban J connectivity index is 1.55. The van der Waals surface area contributed by atoms with E-state index in [1.54, 1.807) is 0 Å². The Morgan fingerprint density at radius 2 is 1.93 bits per heavy atom. The molecule has 2 aromatic heterocycles. The Bertz CT molecular complexity index is 1070. The Hall–Kier alpha value is -2.84.